The number of ether oxygens (including phenoxy) is 1. The summed E-state index contributed by atoms with van der Waals surface area (Å²) < 4.78 is 5.28. The molecule has 0 bridgehead atoms. The Morgan fingerprint density at radius 1 is 1.50 bits per heavy atom. The van der Waals surface area contributed by atoms with E-state index in [1.807, 2.05) is 6.92 Å². The fourth-order valence-electron chi connectivity index (χ4n) is 0.853. The lowest BCUT2D eigenvalue weighted by Gasteiger charge is -1.99. The highest BCUT2D eigenvalue weighted by Gasteiger charge is 2.25. The van der Waals surface area contributed by atoms with E-state index < -0.39 is 0 Å². The van der Waals surface area contributed by atoms with Gasteiger partial charge in [0, 0.05) is 6.92 Å². The van der Waals surface area contributed by atoms with Crippen LogP contribution in [0.25, 0.3) is 0 Å². The van der Waals surface area contributed by atoms with Crippen molar-refractivity contribution in [3.05, 3.63) is 0 Å². The van der Waals surface area contributed by atoms with Gasteiger partial charge in [0.1, 0.15) is 0 Å². The molecule has 0 aromatic rings. The summed E-state index contributed by atoms with van der Waals surface area (Å²) in [6, 6.07) is 0.481. The summed E-state index contributed by atoms with van der Waals surface area (Å²) in [5.74, 6) is 0.949. The van der Waals surface area contributed by atoms with Crippen LogP contribution in [0.1, 0.15) is 20.8 Å². The first-order valence-corrected chi connectivity index (χ1v) is 2.97. The van der Waals surface area contributed by atoms with Gasteiger partial charge in [-0.1, -0.05) is 0 Å². The topological polar surface area (TPSA) is 23.2 Å². The number of hydrogen-bond acceptors (Lipinski definition) is 1. The molecule has 0 fully saturated rings. The summed E-state index contributed by atoms with van der Waals surface area (Å²) in [7, 11) is 0. The van der Waals surface area contributed by atoms with Crippen LogP contribution in [-0.4, -0.2) is 18.0 Å². The van der Waals surface area contributed by atoms with Crippen LogP contribution in [0.2, 0.25) is 0 Å². The van der Waals surface area contributed by atoms with Crippen molar-refractivity contribution < 1.29 is 9.73 Å². The fraction of sp³-hybridized carbons (Fsp3) is 0.833. The largest absolute Gasteiger partial charge is 0.438 e. The quantitative estimate of drug-likeness (QED) is 0.442. The highest BCUT2D eigenvalue weighted by Crippen LogP contribution is 1.96. The standard InChI is InChI=1S/C6H11NO/c1-4-5(2)8-6(3)7-4/h4-5H,1-3H3/p+1. The van der Waals surface area contributed by atoms with E-state index in [-0.39, 0.29) is 0 Å². The van der Waals surface area contributed by atoms with Gasteiger partial charge in [0.15, 0.2) is 12.1 Å². The van der Waals surface area contributed by atoms with Gasteiger partial charge < -0.3 is 4.74 Å². The molecule has 0 aliphatic carbocycles. The molecule has 2 unspecified atom stereocenters. The third kappa shape index (κ3) is 0.831. The van der Waals surface area contributed by atoms with Crippen LogP contribution in [-0.2, 0) is 4.74 Å². The van der Waals surface area contributed by atoms with Crippen molar-refractivity contribution in [3.8, 4) is 0 Å². The highest BCUT2D eigenvalue weighted by molar-refractivity contribution is 5.67. The number of nitrogens with one attached hydrogen (secondary N) is 1. The smallest absolute Gasteiger partial charge is 0.332 e. The Morgan fingerprint density at radius 2 is 2.12 bits per heavy atom. The van der Waals surface area contributed by atoms with Gasteiger partial charge >= 0.3 is 5.90 Å². The molecular formula is C6H12NO+. The third-order valence-electron chi connectivity index (χ3n) is 1.50. The molecule has 2 atom stereocenters. The summed E-state index contributed by atoms with van der Waals surface area (Å²) in [6.45, 7) is 6.12. The molecule has 0 amide bonds. The van der Waals surface area contributed by atoms with Crippen LogP contribution < -0.4 is 4.99 Å². The van der Waals surface area contributed by atoms with Gasteiger partial charge in [0.05, 0.1) is 6.92 Å². The van der Waals surface area contributed by atoms with E-state index in [1.165, 1.54) is 0 Å². The van der Waals surface area contributed by atoms with Crippen LogP contribution in [0.4, 0.5) is 0 Å². The summed E-state index contributed by atoms with van der Waals surface area (Å²) in [5, 5.41) is 0. The van der Waals surface area contributed by atoms with Crippen molar-refractivity contribution in [1.82, 2.24) is 0 Å². The maximum Gasteiger partial charge on any atom is 0.332 e. The van der Waals surface area contributed by atoms with Crippen molar-refractivity contribution >= 4 is 5.90 Å². The minimum absolute atomic E-state index is 0.343. The van der Waals surface area contributed by atoms with Crippen LogP contribution in [0.15, 0.2) is 0 Å². The first kappa shape index (κ1) is 5.60. The van der Waals surface area contributed by atoms with Crippen molar-refractivity contribution in [2.45, 2.75) is 32.9 Å². The molecule has 1 N–H and O–H groups in total. The lowest BCUT2D eigenvalue weighted by atomic mass is 10.2. The maximum absolute atomic E-state index is 5.28. The Morgan fingerprint density at radius 3 is 2.25 bits per heavy atom. The summed E-state index contributed by atoms with van der Waals surface area (Å²) in [5.41, 5.74) is 0. The Hall–Kier alpha value is -0.530. The Kier molecular flexibility index (Phi) is 1.24. The first-order chi connectivity index (χ1) is 3.70. The molecule has 0 saturated carbocycles. The van der Waals surface area contributed by atoms with Crippen molar-refractivity contribution in [1.29, 1.82) is 0 Å². The predicted molar refractivity (Wildman–Crippen MR) is 31.7 cm³/mol. The Labute approximate surface area is 49.6 Å². The maximum atomic E-state index is 5.28. The van der Waals surface area contributed by atoms with E-state index in [2.05, 4.69) is 18.8 Å². The van der Waals surface area contributed by atoms with Gasteiger partial charge in [-0.05, 0) is 6.92 Å². The molecule has 0 saturated heterocycles. The monoisotopic (exact) mass is 114 g/mol. The van der Waals surface area contributed by atoms with Crippen molar-refractivity contribution in [3.63, 3.8) is 0 Å². The highest BCUT2D eigenvalue weighted by atomic mass is 16.5. The molecular weight excluding hydrogens is 102 g/mol. The molecule has 46 valence electrons. The molecule has 0 spiro atoms. The summed E-state index contributed by atoms with van der Waals surface area (Å²) in [4.78, 5) is 3.16. The van der Waals surface area contributed by atoms with E-state index in [1.54, 1.807) is 0 Å². The van der Waals surface area contributed by atoms with Gasteiger partial charge in [-0.25, -0.2) is 4.99 Å². The Balaban J connectivity index is 2.56. The normalized spacial score (nSPS) is 36.6. The van der Waals surface area contributed by atoms with E-state index in [0.29, 0.717) is 12.1 Å². The van der Waals surface area contributed by atoms with Gasteiger partial charge in [0.25, 0.3) is 0 Å². The lowest BCUT2D eigenvalue weighted by Crippen LogP contribution is -2.76. The third-order valence-corrected chi connectivity index (χ3v) is 1.50. The van der Waals surface area contributed by atoms with E-state index in [4.69, 9.17) is 4.74 Å². The molecule has 1 heterocycles. The zero-order valence-electron chi connectivity index (χ0n) is 5.56. The predicted octanol–water partition coefficient (Wildman–Crippen LogP) is -0.707. The molecule has 1 rings (SSSR count). The second kappa shape index (κ2) is 1.77. The van der Waals surface area contributed by atoms with E-state index >= 15 is 0 Å². The first-order valence-electron chi connectivity index (χ1n) is 2.97. The van der Waals surface area contributed by atoms with Crippen LogP contribution in [0.3, 0.4) is 0 Å². The van der Waals surface area contributed by atoms with Crippen LogP contribution in [0, 0.1) is 0 Å². The fourth-order valence-corrected chi connectivity index (χ4v) is 0.853. The summed E-state index contributed by atoms with van der Waals surface area (Å²) in [6.07, 6.45) is 0.343. The molecule has 0 radical (unpaired) electrons. The number of hydrogen-bond donors (Lipinski definition) is 1. The molecule has 1 aliphatic rings. The van der Waals surface area contributed by atoms with Gasteiger partial charge in [-0.2, -0.15) is 0 Å². The minimum atomic E-state index is 0.343. The van der Waals surface area contributed by atoms with Crippen molar-refractivity contribution in [2.75, 3.05) is 0 Å². The average molecular weight is 114 g/mol. The molecule has 8 heavy (non-hydrogen) atoms. The second-order valence-electron chi connectivity index (χ2n) is 2.31. The SMILES string of the molecule is CC1=[NH+]C(C)C(C)O1. The van der Waals surface area contributed by atoms with E-state index in [9.17, 15) is 0 Å². The van der Waals surface area contributed by atoms with Gasteiger partial charge in [0.2, 0.25) is 0 Å². The molecule has 2 heteroatoms. The molecule has 0 aromatic heterocycles. The zero-order chi connectivity index (χ0) is 6.15. The van der Waals surface area contributed by atoms with Gasteiger partial charge in [-0.3, -0.25) is 0 Å². The van der Waals surface area contributed by atoms with E-state index in [0.717, 1.165) is 5.90 Å². The van der Waals surface area contributed by atoms with Gasteiger partial charge in [-0.15, -0.1) is 0 Å². The summed E-state index contributed by atoms with van der Waals surface area (Å²) >= 11 is 0. The lowest BCUT2D eigenvalue weighted by molar-refractivity contribution is -0.490. The molecule has 2 nitrogen and oxygen atoms in total. The van der Waals surface area contributed by atoms with Crippen molar-refractivity contribution in [2.24, 2.45) is 0 Å². The Bertz CT molecular complexity index is 120. The number of rotatable bonds is 0. The van der Waals surface area contributed by atoms with Crippen LogP contribution in [0.5, 0.6) is 0 Å². The molecule has 1 aliphatic heterocycles. The van der Waals surface area contributed by atoms with Crippen LogP contribution >= 0.6 is 0 Å². The molecule has 0 aromatic carbocycles. The second-order valence-corrected chi connectivity index (χ2v) is 2.31. The zero-order valence-corrected chi connectivity index (χ0v) is 5.56. The minimum Gasteiger partial charge on any atom is -0.438 e. The average Bonchev–Trinajstić information content (AvgIpc) is 1.85.